The number of nitrogens with two attached hydrogens (primary N) is 1. The van der Waals surface area contributed by atoms with Gasteiger partial charge in [0, 0.05) is 18.5 Å². The van der Waals surface area contributed by atoms with Crippen LogP contribution in [-0.4, -0.2) is 32.2 Å². The number of hydrogen-bond donors (Lipinski definition) is 2. The molecule has 0 aromatic carbocycles. The van der Waals surface area contributed by atoms with Gasteiger partial charge in [0.25, 0.3) is 0 Å². The first-order valence-corrected chi connectivity index (χ1v) is 6.08. The quantitative estimate of drug-likeness (QED) is 0.710. The summed E-state index contributed by atoms with van der Waals surface area (Å²) in [5.41, 5.74) is 5.46. The number of ether oxygens (including phenoxy) is 1. The van der Waals surface area contributed by atoms with Gasteiger partial charge in [-0.3, -0.25) is 4.79 Å². The summed E-state index contributed by atoms with van der Waals surface area (Å²) in [7, 11) is 0. The van der Waals surface area contributed by atoms with Crippen LogP contribution >= 0.6 is 0 Å². The molecule has 0 radical (unpaired) electrons. The Morgan fingerprint density at radius 3 is 2.31 bits per heavy atom. The third-order valence-electron chi connectivity index (χ3n) is 3.80. The van der Waals surface area contributed by atoms with Crippen molar-refractivity contribution in [3.8, 4) is 0 Å². The van der Waals surface area contributed by atoms with E-state index in [0.717, 1.165) is 26.1 Å². The van der Waals surface area contributed by atoms with Gasteiger partial charge in [-0.15, -0.1) is 0 Å². The van der Waals surface area contributed by atoms with E-state index in [4.69, 9.17) is 10.5 Å². The van der Waals surface area contributed by atoms with Crippen LogP contribution in [0.4, 0.5) is 0 Å². The number of hydrogen-bond acceptors (Lipinski definition) is 3. The molecule has 0 aliphatic carbocycles. The predicted molar refractivity (Wildman–Crippen MR) is 64.0 cm³/mol. The lowest BCUT2D eigenvalue weighted by Crippen LogP contribution is -2.53. The SMILES string of the molecule is CCC(CC)(CN)C(=O)NCC1(C)COC1. The zero-order valence-electron chi connectivity index (χ0n) is 10.6. The molecule has 0 aromatic heterocycles. The summed E-state index contributed by atoms with van der Waals surface area (Å²) in [6.07, 6.45) is 1.58. The van der Waals surface area contributed by atoms with Crippen molar-refractivity contribution in [3.63, 3.8) is 0 Å². The molecule has 1 heterocycles. The van der Waals surface area contributed by atoms with E-state index in [1.807, 2.05) is 13.8 Å². The molecule has 1 fully saturated rings. The first kappa shape index (κ1) is 13.5. The molecule has 1 aliphatic heterocycles. The summed E-state index contributed by atoms with van der Waals surface area (Å²) in [6.45, 7) is 8.74. The summed E-state index contributed by atoms with van der Waals surface area (Å²) < 4.78 is 5.16. The molecule has 0 unspecified atom stereocenters. The molecule has 0 bridgehead atoms. The molecule has 4 heteroatoms. The van der Waals surface area contributed by atoms with Crippen LogP contribution in [0, 0.1) is 10.8 Å². The highest BCUT2D eigenvalue weighted by molar-refractivity contribution is 5.82. The highest BCUT2D eigenvalue weighted by Gasteiger charge is 2.37. The molecule has 1 saturated heterocycles. The topological polar surface area (TPSA) is 64.4 Å². The third-order valence-corrected chi connectivity index (χ3v) is 3.80. The maximum atomic E-state index is 12.1. The molecule has 1 aliphatic rings. The zero-order valence-corrected chi connectivity index (χ0v) is 10.6. The van der Waals surface area contributed by atoms with E-state index < -0.39 is 0 Å². The lowest BCUT2D eigenvalue weighted by atomic mass is 9.80. The van der Waals surface area contributed by atoms with Gasteiger partial charge in [-0.1, -0.05) is 20.8 Å². The van der Waals surface area contributed by atoms with Crippen LogP contribution in [0.2, 0.25) is 0 Å². The average molecular weight is 228 g/mol. The minimum Gasteiger partial charge on any atom is -0.380 e. The first-order valence-electron chi connectivity index (χ1n) is 6.08. The van der Waals surface area contributed by atoms with Crippen LogP contribution in [-0.2, 0) is 9.53 Å². The summed E-state index contributed by atoms with van der Waals surface area (Å²) in [5, 5.41) is 3.02. The predicted octanol–water partition coefficient (Wildman–Crippen LogP) is 0.904. The Morgan fingerprint density at radius 2 is 2.00 bits per heavy atom. The lowest BCUT2D eigenvalue weighted by Gasteiger charge is -2.39. The molecule has 1 amide bonds. The van der Waals surface area contributed by atoms with E-state index >= 15 is 0 Å². The molecular formula is C12H24N2O2. The number of nitrogens with one attached hydrogen (secondary N) is 1. The Labute approximate surface area is 97.9 Å². The average Bonchev–Trinajstić information content (AvgIpc) is 2.27. The maximum absolute atomic E-state index is 12.1. The van der Waals surface area contributed by atoms with E-state index in [1.54, 1.807) is 0 Å². The fourth-order valence-corrected chi connectivity index (χ4v) is 1.99. The van der Waals surface area contributed by atoms with Crippen LogP contribution in [0.5, 0.6) is 0 Å². The summed E-state index contributed by atoms with van der Waals surface area (Å²) in [6, 6.07) is 0. The van der Waals surface area contributed by atoms with Gasteiger partial charge in [0.05, 0.1) is 18.6 Å². The monoisotopic (exact) mass is 228 g/mol. The van der Waals surface area contributed by atoms with Gasteiger partial charge in [-0.2, -0.15) is 0 Å². The highest BCUT2D eigenvalue weighted by atomic mass is 16.5. The number of rotatable bonds is 6. The molecule has 0 spiro atoms. The third kappa shape index (κ3) is 2.55. The van der Waals surface area contributed by atoms with E-state index in [9.17, 15) is 4.79 Å². The highest BCUT2D eigenvalue weighted by Crippen LogP contribution is 2.28. The van der Waals surface area contributed by atoms with Gasteiger partial charge in [0.15, 0.2) is 0 Å². The zero-order chi connectivity index (χ0) is 12.2. The van der Waals surface area contributed by atoms with Crippen LogP contribution in [0.3, 0.4) is 0 Å². The molecule has 16 heavy (non-hydrogen) atoms. The standard InChI is InChI=1S/C12H24N2O2/c1-4-12(5-2,6-13)10(15)14-7-11(3)8-16-9-11/h4-9,13H2,1-3H3,(H,14,15). The number of carbonyl (C=O) groups excluding carboxylic acids is 1. The largest absolute Gasteiger partial charge is 0.380 e. The molecule has 0 saturated carbocycles. The van der Waals surface area contributed by atoms with Crippen molar-refractivity contribution in [2.75, 3.05) is 26.3 Å². The number of amides is 1. The first-order chi connectivity index (χ1) is 7.52. The molecule has 4 nitrogen and oxygen atoms in total. The van der Waals surface area contributed by atoms with Crippen molar-refractivity contribution in [1.82, 2.24) is 5.32 Å². The van der Waals surface area contributed by atoms with Crippen molar-refractivity contribution in [1.29, 1.82) is 0 Å². The Kier molecular flexibility index (Phi) is 4.33. The Hall–Kier alpha value is -0.610. The van der Waals surface area contributed by atoms with Crippen molar-refractivity contribution in [3.05, 3.63) is 0 Å². The molecule has 94 valence electrons. The second-order valence-electron chi connectivity index (χ2n) is 5.18. The van der Waals surface area contributed by atoms with Gasteiger partial charge in [-0.05, 0) is 12.8 Å². The molecule has 0 aromatic rings. The fourth-order valence-electron chi connectivity index (χ4n) is 1.99. The van der Waals surface area contributed by atoms with Gasteiger partial charge in [0.1, 0.15) is 0 Å². The van der Waals surface area contributed by atoms with E-state index in [2.05, 4.69) is 12.2 Å². The lowest BCUT2D eigenvalue weighted by molar-refractivity contribution is -0.135. The van der Waals surface area contributed by atoms with Crippen molar-refractivity contribution in [2.24, 2.45) is 16.6 Å². The van der Waals surface area contributed by atoms with Gasteiger partial charge < -0.3 is 15.8 Å². The maximum Gasteiger partial charge on any atom is 0.227 e. The van der Waals surface area contributed by atoms with Crippen LogP contribution in [0.1, 0.15) is 33.6 Å². The minimum atomic E-state index is -0.388. The van der Waals surface area contributed by atoms with Gasteiger partial charge in [-0.25, -0.2) is 0 Å². The Morgan fingerprint density at radius 1 is 1.44 bits per heavy atom. The fraction of sp³-hybridized carbons (Fsp3) is 0.917. The smallest absolute Gasteiger partial charge is 0.227 e. The van der Waals surface area contributed by atoms with E-state index in [0.29, 0.717) is 13.1 Å². The Bertz CT molecular complexity index is 237. The molecular weight excluding hydrogens is 204 g/mol. The molecule has 0 atom stereocenters. The summed E-state index contributed by atoms with van der Waals surface area (Å²) in [5.74, 6) is 0.0909. The summed E-state index contributed by atoms with van der Waals surface area (Å²) in [4.78, 5) is 12.1. The molecule has 1 rings (SSSR count). The molecule has 3 N–H and O–H groups in total. The van der Waals surface area contributed by atoms with Gasteiger partial charge >= 0.3 is 0 Å². The van der Waals surface area contributed by atoms with Crippen molar-refractivity contribution >= 4 is 5.91 Å². The second-order valence-corrected chi connectivity index (χ2v) is 5.18. The Balaban J connectivity index is 2.49. The van der Waals surface area contributed by atoms with Crippen LogP contribution in [0.15, 0.2) is 0 Å². The van der Waals surface area contributed by atoms with Crippen molar-refractivity contribution in [2.45, 2.75) is 33.6 Å². The van der Waals surface area contributed by atoms with Crippen LogP contribution in [0.25, 0.3) is 0 Å². The van der Waals surface area contributed by atoms with Crippen LogP contribution < -0.4 is 11.1 Å². The number of carbonyl (C=O) groups is 1. The van der Waals surface area contributed by atoms with E-state index in [-0.39, 0.29) is 16.7 Å². The normalized spacial score (nSPS) is 19.0. The van der Waals surface area contributed by atoms with E-state index in [1.165, 1.54) is 0 Å². The van der Waals surface area contributed by atoms with Crippen molar-refractivity contribution < 1.29 is 9.53 Å². The minimum absolute atomic E-state index is 0.0909. The second kappa shape index (κ2) is 5.15. The summed E-state index contributed by atoms with van der Waals surface area (Å²) >= 11 is 0. The van der Waals surface area contributed by atoms with Gasteiger partial charge in [0.2, 0.25) is 5.91 Å².